The SMILES string of the molecule is C=Cc1c(C)c2[n-]c1=CC1=C(C)C(CC)C(=Cc3[n-]c4c(c3C)C(=O)CC4=C3N=C(C=2)[C@@H](C)[C@@H]3CCC(=O)O[C@H](COC(=O)CCCCCCCCCCCCCCC)COP(=O)([O-])OCC[N+](C)(C)C)[N-]1.[Co+3]. The number of fused-ring (bicyclic) bond motifs is 6. The Morgan fingerprint density at radius 1 is 0.877 bits per heavy atom. The van der Waals surface area contributed by atoms with Crippen LogP contribution in [0.25, 0.3) is 35.2 Å². The number of hydrogen-bond acceptors (Lipinski definition) is 10. The molecule has 5 heterocycles. The first-order valence-electron chi connectivity index (χ1n) is 26.8. The third kappa shape index (κ3) is 16.2. The summed E-state index contributed by atoms with van der Waals surface area (Å²) in [7, 11) is 0.936. The molecule has 0 spiro atoms. The Hall–Kier alpha value is -4.08. The van der Waals surface area contributed by atoms with Crippen molar-refractivity contribution in [1.82, 2.24) is 9.97 Å². The number of ketones is 1. The van der Waals surface area contributed by atoms with Crippen LogP contribution in [0.5, 0.6) is 0 Å². The number of phosphoric acid groups is 1. The predicted octanol–water partition coefficient (Wildman–Crippen LogP) is 10.1. The van der Waals surface area contributed by atoms with Crippen molar-refractivity contribution in [1.29, 1.82) is 0 Å². The number of esters is 2. The van der Waals surface area contributed by atoms with E-state index in [4.69, 9.17) is 38.8 Å². The van der Waals surface area contributed by atoms with E-state index < -0.39 is 32.5 Å². The molecule has 2 aromatic heterocycles. The number of likely N-dealkylation sites (N-methyl/N-ethyl adjacent to an activating group) is 1. The number of hydrogen-bond donors (Lipinski definition) is 0. The number of nitrogens with zero attached hydrogens (tertiary/aromatic N) is 5. The van der Waals surface area contributed by atoms with Crippen molar-refractivity contribution in [3.63, 3.8) is 0 Å². The Labute approximate surface area is 445 Å². The van der Waals surface area contributed by atoms with Crippen LogP contribution in [0.3, 0.4) is 0 Å². The molecule has 5 atom stereocenters. The number of aromatic nitrogens is 2. The Kier molecular flexibility index (Phi) is 22.6. The normalized spacial score (nSPS) is 19.4. The molecule has 1 aliphatic carbocycles. The summed E-state index contributed by atoms with van der Waals surface area (Å²) in [5.41, 5.74) is 9.62. The molecule has 2 unspecified atom stereocenters. The number of phosphoric ester groups is 1. The fraction of sp³-hybridized carbons (Fsp3) is 0.614. The number of rotatable bonds is 29. The van der Waals surface area contributed by atoms with Gasteiger partial charge in [-0.15, -0.1) is 27.8 Å². The maximum atomic E-state index is 13.9. The van der Waals surface area contributed by atoms with E-state index in [-0.39, 0.29) is 79.2 Å². The second-order valence-electron chi connectivity index (χ2n) is 21.3. The standard InChI is InChI=1S/C57H83N5O9P.Co/c1-11-14-15-16-17-18-19-20-21-22-23-24-25-26-53(64)68-35-41(36-70-72(66,67)69-30-29-62(8,9)10)71-54(65)28-27-44-39(6)48-32-46-37(4)42(12-2)50(58-46)33-47-38(5)43(13-3)51(59-47)34-49-40(7)55-52(63)31-45(56(44)60-48)57(55)61-49;/h12,32-34,39,41,43-44H,2,11,13-31,35-36H2,1,3-10H3,(H2-,58,60,61,63,66,67);/q-1;+3/p-2/t39-,41+,43?,44-;/m0./s1. The Bertz CT molecular complexity index is 2600. The average Bonchev–Trinajstić information content (AvgIpc) is 4.09. The van der Waals surface area contributed by atoms with Crippen molar-refractivity contribution in [3.05, 3.63) is 78.9 Å². The van der Waals surface area contributed by atoms with E-state index in [1.165, 1.54) is 57.8 Å². The summed E-state index contributed by atoms with van der Waals surface area (Å²) in [4.78, 5) is 69.0. The van der Waals surface area contributed by atoms with Gasteiger partial charge in [0, 0.05) is 48.1 Å². The zero-order valence-electron chi connectivity index (χ0n) is 45.1. The maximum Gasteiger partial charge on any atom is 3.00 e. The van der Waals surface area contributed by atoms with Crippen LogP contribution in [0.2, 0.25) is 0 Å². The molecule has 16 heteroatoms. The van der Waals surface area contributed by atoms with Gasteiger partial charge in [-0.3, -0.25) is 23.9 Å². The van der Waals surface area contributed by atoms with Crippen molar-refractivity contribution in [2.45, 2.75) is 163 Å². The van der Waals surface area contributed by atoms with Crippen LogP contribution in [-0.4, -0.2) is 81.5 Å². The van der Waals surface area contributed by atoms with Crippen LogP contribution in [0.4, 0.5) is 0 Å². The van der Waals surface area contributed by atoms with Gasteiger partial charge in [0.1, 0.15) is 19.8 Å². The van der Waals surface area contributed by atoms with E-state index in [0.717, 1.165) is 81.3 Å². The minimum absolute atomic E-state index is 0. The summed E-state index contributed by atoms with van der Waals surface area (Å²) in [5.74, 6) is -1.56. The van der Waals surface area contributed by atoms with Gasteiger partial charge in [-0.1, -0.05) is 145 Å². The van der Waals surface area contributed by atoms with Crippen LogP contribution in [0, 0.1) is 31.6 Å². The topological polar surface area (TPSA) is 183 Å². The molecule has 402 valence electrons. The molecule has 0 saturated heterocycles. The predicted molar refractivity (Wildman–Crippen MR) is 284 cm³/mol. The van der Waals surface area contributed by atoms with Gasteiger partial charge in [0.05, 0.1) is 27.7 Å². The van der Waals surface area contributed by atoms with Gasteiger partial charge in [0.2, 0.25) is 0 Å². The van der Waals surface area contributed by atoms with Crippen molar-refractivity contribution in [2.24, 2.45) is 22.7 Å². The van der Waals surface area contributed by atoms with Gasteiger partial charge in [-0.2, -0.15) is 5.70 Å². The molecule has 0 aromatic carbocycles. The summed E-state index contributed by atoms with van der Waals surface area (Å²) in [6.45, 7) is 15.9. The fourth-order valence-electron chi connectivity index (χ4n) is 10.3. The Morgan fingerprint density at radius 3 is 2.16 bits per heavy atom. The summed E-state index contributed by atoms with van der Waals surface area (Å²) in [5, 5.41) is 6.61. The first-order valence-corrected chi connectivity index (χ1v) is 28.2. The number of carbonyl (C=O) groups is 3. The second kappa shape index (κ2) is 27.6. The van der Waals surface area contributed by atoms with E-state index in [2.05, 4.69) is 34.3 Å². The van der Waals surface area contributed by atoms with Gasteiger partial charge in [0.25, 0.3) is 7.82 Å². The zero-order valence-corrected chi connectivity index (χ0v) is 47.0. The molecular weight excluding hydrogens is 989 g/mol. The van der Waals surface area contributed by atoms with E-state index in [0.29, 0.717) is 40.1 Å². The van der Waals surface area contributed by atoms with Crippen molar-refractivity contribution in [3.8, 4) is 0 Å². The number of unbranched alkanes of at least 4 members (excludes halogenated alkanes) is 12. The summed E-state index contributed by atoms with van der Waals surface area (Å²) in [6, 6.07) is 0. The largest absolute Gasteiger partial charge is 3.00 e. The first kappa shape index (κ1) is 59.8. The molecule has 3 aliphatic heterocycles. The Morgan fingerprint density at radius 2 is 1.53 bits per heavy atom. The zero-order chi connectivity index (χ0) is 52.2. The third-order valence-corrected chi connectivity index (χ3v) is 15.7. The molecule has 0 amide bonds. The molecule has 2 aromatic rings. The van der Waals surface area contributed by atoms with Gasteiger partial charge >= 0.3 is 28.7 Å². The van der Waals surface area contributed by atoms with Crippen LogP contribution in [0.15, 0.2) is 34.2 Å². The monoisotopic (exact) mass is 1070 g/mol. The number of quaternary nitrogens is 1. The number of Topliss-reactive ketones (excluding diaryl/α,β-unsaturated/α-hetero) is 1. The van der Waals surface area contributed by atoms with Gasteiger partial charge < -0.3 is 43.2 Å². The summed E-state index contributed by atoms with van der Waals surface area (Å²) in [6.07, 6.45) is 23.4. The van der Waals surface area contributed by atoms with E-state index >= 15 is 0 Å². The number of aliphatic imine (C=N–C) groups is 1. The van der Waals surface area contributed by atoms with E-state index in [1.807, 2.05) is 59.3 Å². The third-order valence-electron chi connectivity index (χ3n) is 14.7. The van der Waals surface area contributed by atoms with Crippen LogP contribution < -0.4 is 25.6 Å². The number of allylic oxidation sites excluding steroid dienone is 4. The van der Waals surface area contributed by atoms with Crippen molar-refractivity contribution in [2.75, 3.05) is 47.5 Å². The van der Waals surface area contributed by atoms with Gasteiger partial charge in [0.15, 0.2) is 11.9 Å². The molecule has 4 aliphatic rings. The Balaban J connectivity index is 0.00000988. The smallest absolute Gasteiger partial charge is 0.756 e. The quantitative estimate of drug-likeness (QED) is 0.0327. The molecule has 0 N–H and O–H groups in total. The summed E-state index contributed by atoms with van der Waals surface area (Å²) < 4.78 is 35.1. The molecule has 0 fully saturated rings. The second-order valence-corrected chi connectivity index (χ2v) is 22.7. The molecule has 0 radical (unpaired) electrons. The molecule has 14 nitrogen and oxygen atoms in total. The molecule has 73 heavy (non-hydrogen) atoms. The van der Waals surface area contributed by atoms with Gasteiger partial charge in [-0.05, 0) is 57.1 Å². The first-order chi connectivity index (χ1) is 34.3. The van der Waals surface area contributed by atoms with Gasteiger partial charge in [-0.25, -0.2) is 0 Å². The van der Waals surface area contributed by atoms with Crippen molar-refractivity contribution < 1.29 is 63.6 Å². The van der Waals surface area contributed by atoms with Crippen LogP contribution in [0.1, 0.15) is 182 Å². The number of ether oxygens (including phenoxy) is 2. The molecular formula is C57H81CoN5O9P. The molecule has 8 bridgehead atoms. The molecule has 0 saturated carbocycles. The van der Waals surface area contributed by atoms with Crippen molar-refractivity contribution >= 4 is 61.1 Å². The summed E-state index contributed by atoms with van der Waals surface area (Å²) >= 11 is 0. The number of carbonyl (C=O) groups excluding carboxylic acids is 3. The van der Waals surface area contributed by atoms with E-state index in [9.17, 15) is 23.8 Å². The fourth-order valence-corrected chi connectivity index (χ4v) is 11.0. The molecule has 6 rings (SSSR count). The van der Waals surface area contributed by atoms with Crippen LogP contribution >= 0.6 is 7.82 Å². The average molecular weight is 1070 g/mol. The minimum atomic E-state index is -4.79. The maximum absolute atomic E-state index is 13.9. The minimum Gasteiger partial charge on any atom is -0.756 e. The van der Waals surface area contributed by atoms with Crippen LogP contribution in [-0.2, 0) is 49.5 Å². The van der Waals surface area contributed by atoms with E-state index in [1.54, 1.807) is 0 Å².